The minimum absolute atomic E-state index is 0.108. The summed E-state index contributed by atoms with van der Waals surface area (Å²) >= 11 is 0. The van der Waals surface area contributed by atoms with Crippen molar-refractivity contribution < 1.29 is 39.1 Å². The molecule has 2 aliphatic rings. The standard InChI is InChI=1S/C29H46O8/c1-7-23(32)20(4)28-25(37-28)16-18(2)10-8-9-11-24-19(3)12-13-26(35-21(5)30)29(6,34)15-14-22(31)17-27(33)36-24/h8-13,18-20,22-26,28,31-32,34H,7,14-17H2,1-6H3. The van der Waals surface area contributed by atoms with Gasteiger partial charge in [0.05, 0.1) is 30.8 Å². The molecular formula is C29H46O8. The summed E-state index contributed by atoms with van der Waals surface area (Å²) in [6, 6.07) is 0. The minimum Gasteiger partial charge on any atom is -0.457 e. The van der Waals surface area contributed by atoms with Crippen LogP contribution in [0.1, 0.15) is 73.6 Å². The second-order valence-electron chi connectivity index (χ2n) is 10.9. The van der Waals surface area contributed by atoms with Crippen LogP contribution in [0.15, 0.2) is 36.5 Å². The number of allylic oxidation sites excluding steroid dienone is 3. The fourth-order valence-corrected chi connectivity index (χ4v) is 4.63. The molecule has 1 saturated heterocycles. The topological polar surface area (TPSA) is 126 Å². The molecule has 1 fully saturated rings. The fourth-order valence-electron chi connectivity index (χ4n) is 4.63. The van der Waals surface area contributed by atoms with Gasteiger partial charge in [-0.15, -0.1) is 0 Å². The zero-order valence-corrected chi connectivity index (χ0v) is 23.1. The van der Waals surface area contributed by atoms with Crippen molar-refractivity contribution in [2.75, 3.05) is 0 Å². The quantitative estimate of drug-likeness (QED) is 0.181. The number of cyclic esters (lactones) is 1. The van der Waals surface area contributed by atoms with Crippen molar-refractivity contribution in [1.29, 1.82) is 0 Å². The molecule has 8 nitrogen and oxygen atoms in total. The van der Waals surface area contributed by atoms with Crippen LogP contribution in [0.25, 0.3) is 0 Å². The highest BCUT2D eigenvalue weighted by atomic mass is 16.6. The number of rotatable bonds is 9. The number of esters is 2. The van der Waals surface area contributed by atoms with Crippen molar-refractivity contribution in [2.45, 2.75) is 116 Å². The Morgan fingerprint density at radius 1 is 1.30 bits per heavy atom. The molecule has 10 atom stereocenters. The lowest BCUT2D eigenvalue weighted by Crippen LogP contribution is -2.42. The summed E-state index contributed by atoms with van der Waals surface area (Å²) in [6.07, 6.45) is 10.1. The van der Waals surface area contributed by atoms with E-state index in [0.717, 1.165) is 12.8 Å². The van der Waals surface area contributed by atoms with Gasteiger partial charge in [-0.2, -0.15) is 0 Å². The third-order valence-corrected chi connectivity index (χ3v) is 7.29. The molecule has 37 heavy (non-hydrogen) atoms. The Labute approximate surface area is 221 Å². The molecule has 2 heterocycles. The first-order valence-electron chi connectivity index (χ1n) is 13.5. The lowest BCUT2D eigenvalue weighted by atomic mass is 9.89. The van der Waals surface area contributed by atoms with Gasteiger partial charge in [-0.25, -0.2) is 0 Å². The van der Waals surface area contributed by atoms with Gasteiger partial charge in [0.1, 0.15) is 17.8 Å². The molecule has 0 radical (unpaired) electrons. The summed E-state index contributed by atoms with van der Waals surface area (Å²) < 4.78 is 16.8. The monoisotopic (exact) mass is 522 g/mol. The van der Waals surface area contributed by atoms with E-state index in [1.807, 2.05) is 32.9 Å². The van der Waals surface area contributed by atoms with Crippen LogP contribution in [-0.2, 0) is 23.8 Å². The van der Waals surface area contributed by atoms with Gasteiger partial charge in [0.15, 0.2) is 0 Å². The van der Waals surface area contributed by atoms with E-state index in [4.69, 9.17) is 14.2 Å². The van der Waals surface area contributed by atoms with Gasteiger partial charge in [-0.3, -0.25) is 9.59 Å². The first kappa shape index (κ1) is 31.2. The fraction of sp³-hybridized carbons (Fsp3) is 0.724. The summed E-state index contributed by atoms with van der Waals surface area (Å²) in [4.78, 5) is 24.0. The van der Waals surface area contributed by atoms with Crippen molar-refractivity contribution in [1.82, 2.24) is 0 Å². The van der Waals surface area contributed by atoms with Gasteiger partial charge in [-0.05, 0) is 50.7 Å². The summed E-state index contributed by atoms with van der Waals surface area (Å²) in [7, 11) is 0. The van der Waals surface area contributed by atoms with Gasteiger partial charge in [0, 0.05) is 18.8 Å². The molecule has 0 spiro atoms. The van der Waals surface area contributed by atoms with Crippen LogP contribution in [0.3, 0.4) is 0 Å². The third-order valence-electron chi connectivity index (χ3n) is 7.29. The second kappa shape index (κ2) is 14.2. The minimum atomic E-state index is -1.40. The summed E-state index contributed by atoms with van der Waals surface area (Å²) in [5.74, 6) is -0.917. The highest BCUT2D eigenvalue weighted by Gasteiger charge is 2.44. The van der Waals surface area contributed by atoms with E-state index in [1.54, 1.807) is 25.2 Å². The molecule has 0 aromatic heterocycles. The molecule has 10 unspecified atom stereocenters. The molecule has 3 N–H and O–H groups in total. The molecule has 2 aliphatic heterocycles. The molecule has 0 aromatic rings. The Hall–Kier alpha value is -2.00. The lowest BCUT2D eigenvalue weighted by molar-refractivity contribution is -0.157. The molecule has 0 aromatic carbocycles. The molecule has 210 valence electrons. The first-order valence-corrected chi connectivity index (χ1v) is 13.5. The Morgan fingerprint density at radius 3 is 2.65 bits per heavy atom. The van der Waals surface area contributed by atoms with Crippen molar-refractivity contribution in [3.05, 3.63) is 36.5 Å². The maximum absolute atomic E-state index is 12.4. The third kappa shape index (κ3) is 10.3. The van der Waals surface area contributed by atoms with E-state index in [0.29, 0.717) is 0 Å². The number of hydrogen-bond donors (Lipinski definition) is 3. The van der Waals surface area contributed by atoms with Crippen molar-refractivity contribution in [3.63, 3.8) is 0 Å². The zero-order chi connectivity index (χ0) is 27.8. The number of hydrogen-bond acceptors (Lipinski definition) is 8. The van der Waals surface area contributed by atoms with Gasteiger partial charge in [0.2, 0.25) is 0 Å². The Morgan fingerprint density at radius 2 is 2.00 bits per heavy atom. The van der Waals surface area contributed by atoms with E-state index < -0.39 is 35.9 Å². The summed E-state index contributed by atoms with van der Waals surface area (Å²) in [6.45, 7) is 10.8. The number of carbonyl (C=O) groups is 2. The largest absolute Gasteiger partial charge is 0.457 e. The van der Waals surface area contributed by atoms with Crippen LogP contribution >= 0.6 is 0 Å². The second-order valence-corrected chi connectivity index (χ2v) is 10.9. The predicted molar refractivity (Wildman–Crippen MR) is 140 cm³/mol. The Kier molecular flexibility index (Phi) is 12.0. The van der Waals surface area contributed by atoms with Crippen LogP contribution in [0.5, 0.6) is 0 Å². The highest BCUT2D eigenvalue weighted by Crippen LogP contribution is 2.36. The molecule has 8 heteroatoms. The maximum atomic E-state index is 12.4. The molecule has 0 amide bonds. The van der Waals surface area contributed by atoms with Crippen LogP contribution in [0.2, 0.25) is 0 Å². The zero-order valence-electron chi connectivity index (χ0n) is 23.1. The smallest absolute Gasteiger partial charge is 0.309 e. The number of carbonyl (C=O) groups excluding carboxylic acids is 2. The van der Waals surface area contributed by atoms with Crippen LogP contribution in [-0.4, -0.2) is 69.5 Å². The SMILES string of the molecule is CCC(O)C(C)C1OC1CC(C)C=CC=CC1OC(=O)CC(O)CCC(C)(O)C(OC(C)=O)C=CC1C. The van der Waals surface area contributed by atoms with E-state index in [2.05, 4.69) is 13.0 Å². The van der Waals surface area contributed by atoms with Crippen LogP contribution < -0.4 is 0 Å². The average molecular weight is 523 g/mol. The van der Waals surface area contributed by atoms with Gasteiger partial charge < -0.3 is 29.5 Å². The normalized spacial score (nSPS) is 35.9. The number of aliphatic hydroxyl groups is 3. The highest BCUT2D eigenvalue weighted by molar-refractivity contribution is 5.70. The van der Waals surface area contributed by atoms with Gasteiger partial charge in [0.25, 0.3) is 0 Å². The van der Waals surface area contributed by atoms with Crippen molar-refractivity contribution >= 4 is 11.9 Å². The maximum Gasteiger partial charge on any atom is 0.309 e. The van der Waals surface area contributed by atoms with Crippen molar-refractivity contribution in [2.24, 2.45) is 17.8 Å². The Balaban J connectivity index is 2.05. The molecule has 0 aliphatic carbocycles. The van der Waals surface area contributed by atoms with Gasteiger partial charge in [-0.1, -0.05) is 52.0 Å². The lowest BCUT2D eigenvalue weighted by Gasteiger charge is -2.32. The number of aliphatic hydroxyl groups excluding tert-OH is 2. The average Bonchev–Trinajstić information content (AvgIpc) is 3.59. The van der Waals surface area contributed by atoms with Crippen LogP contribution in [0, 0.1) is 17.8 Å². The van der Waals surface area contributed by atoms with Crippen molar-refractivity contribution in [3.8, 4) is 0 Å². The Bertz CT molecular complexity index is 832. The molecule has 0 bridgehead atoms. The number of epoxide rings is 1. The van der Waals surface area contributed by atoms with E-state index >= 15 is 0 Å². The van der Waals surface area contributed by atoms with Crippen LogP contribution in [0.4, 0.5) is 0 Å². The van der Waals surface area contributed by atoms with Gasteiger partial charge >= 0.3 is 11.9 Å². The molecule has 0 saturated carbocycles. The van der Waals surface area contributed by atoms with E-state index in [-0.39, 0.29) is 55.3 Å². The van der Waals surface area contributed by atoms with E-state index in [9.17, 15) is 24.9 Å². The van der Waals surface area contributed by atoms with E-state index in [1.165, 1.54) is 6.92 Å². The predicted octanol–water partition coefficient (Wildman–Crippen LogP) is 3.63. The molecular weight excluding hydrogens is 476 g/mol. The number of ether oxygens (including phenoxy) is 3. The summed E-state index contributed by atoms with van der Waals surface area (Å²) in [5.41, 5.74) is -1.40. The summed E-state index contributed by atoms with van der Waals surface area (Å²) in [5, 5.41) is 31.2. The first-order chi connectivity index (χ1) is 17.3. The molecule has 2 rings (SSSR count).